The molecule has 0 spiro atoms. The van der Waals surface area contributed by atoms with Crippen LogP contribution in [-0.2, 0) is 4.74 Å². The van der Waals surface area contributed by atoms with Gasteiger partial charge in [-0.1, -0.05) is 23.2 Å². The van der Waals surface area contributed by atoms with Crippen molar-refractivity contribution in [2.45, 2.75) is 20.8 Å². The minimum Gasteiger partial charge on any atom is -0.508 e. The molecule has 1 aromatic heterocycles. The Labute approximate surface area is 279 Å². The smallest absolute Gasteiger partial charge is 0.347 e. The van der Waals surface area contributed by atoms with Crippen LogP contribution in [0.25, 0.3) is 22.3 Å². The normalized spacial score (nSPS) is 11.8. The van der Waals surface area contributed by atoms with E-state index in [2.05, 4.69) is 0 Å². The Hall–Kier alpha value is -5.79. The Bertz CT molecular complexity index is 2260. The summed E-state index contributed by atoms with van der Waals surface area (Å²) in [5.74, 6) is -4.34. The number of carbonyl (C=O) groups is 2. The standard InChI is InChI=1S/C18H14Cl2O7.C15H10O6/c1-5-9-16(11(20)13(22)10(5)19)26-14-6(2)8(17(23)25-4)12(21)7(3)15(14)27-18(9)24;16-8-2-3-9-12(6-8)21-15(14(20)13(9)19)7-1-4-10(17)11(18)5-7/h21-22H,1-4H3;1-6,16-18,20H. The number of ether oxygens (including phenoxy) is 3. The van der Waals surface area contributed by atoms with Crippen LogP contribution in [0.1, 0.15) is 37.4 Å². The molecule has 6 N–H and O–H groups in total. The number of hydrogen-bond donors (Lipinski definition) is 6. The predicted molar refractivity (Wildman–Crippen MR) is 171 cm³/mol. The van der Waals surface area contributed by atoms with Gasteiger partial charge >= 0.3 is 11.9 Å². The van der Waals surface area contributed by atoms with Crippen molar-refractivity contribution in [3.8, 4) is 63.1 Å². The number of fused-ring (bicyclic) bond motifs is 3. The molecule has 0 amide bonds. The molecule has 248 valence electrons. The maximum atomic E-state index is 12.7. The SMILES string of the molecule is COC(=O)c1c(C)c2c(c(C)c1O)OC(=O)c1c(C)c(Cl)c(O)c(Cl)c1O2.O=c1c(O)c(-c2ccc(O)c(O)c2)oc2cc(O)ccc12. The summed E-state index contributed by atoms with van der Waals surface area (Å²) in [6, 6.07) is 7.64. The van der Waals surface area contributed by atoms with Crippen LogP contribution in [-0.4, -0.2) is 49.7 Å². The molecule has 0 bridgehead atoms. The van der Waals surface area contributed by atoms with Crippen LogP contribution in [0.15, 0.2) is 45.6 Å². The Morgan fingerprint density at radius 1 is 0.729 bits per heavy atom. The molecule has 0 saturated heterocycles. The topological polar surface area (TPSA) is 213 Å². The number of benzene rings is 4. The number of carbonyl (C=O) groups excluding carboxylic acids is 2. The number of halogens is 2. The van der Waals surface area contributed by atoms with E-state index in [-0.39, 0.29) is 88.9 Å². The second-order valence-corrected chi connectivity index (χ2v) is 11.2. The number of esters is 2. The number of aromatic hydroxyl groups is 6. The van der Waals surface area contributed by atoms with Crippen LogP contribution in [0, 0.1) is 20.8 Å². The van der Waals surface area contributed by atoms with Crippen LogP contribution >= 0.6 is 23.2 Å². The first-order valence-electron chi connectivity index (χ1n) is 13.6. The Morgan fingerprint density at radius 3 is 2.04 bits per heavy atom. The zero-order valence-electron chi connectivity index (χ0n) is 25.3. The Morgan fingerprint density at radius 2 is 1.40 bits per heavy atom. The molecule has 48 heavy (non-hydrogen) atoms. The van der Waals surface area contributed by atoms with E-state index >= 15 is 0 Å². The molecule has 6 rings (SSSR count). The maximum absolute atomic E-state index is 12.7. The number of phenolic OH excluding ortho intramolecular Hbond substituents is 5. The van der Waals surface area contributed by atoms with Crippen LogP contribution in [0.2, 0.25) is 10.0 Å². The lowest BCUT2D eigenvalue weighted by atomic mass is 10.0. The fourth-order valence-corrected chi connectivity index (χ4v) is 5.38. The lowest BCUT2D eigenvalue weighted by Gasteiger charge is -2.17. The summed E-state index contributed by atoms with van der Waals surface area (Å²) in [7, 11) is 1.17. The van der Waals surface area contributed by atoms with Gasteiger partial charge in [0.1, 0.15) is 33.2 Å². The monoisotopic (exact) mass is 698 g/mol. The number of methoxy groups -OCH3 is 1. The van der Waals surface area contributed by atoms with E-state index in [4.69, 9.17) is 41.8 Å². The molecular weight excluding hydrogens is 675 g/mol. The van der Waals surface area contributed by atoms with Crippen LogP contribution < -0.4 is 14.9 Å². The van der Waals surface area contributed by atoms with E-state index in [9.17, 15) is 45.0 Å². The van der Waals surface area contributed by atoms with Gasteiger partial charge in [0, 0.05) is 22.8 Å². The molecule has 5 aromatic rings. The van der Waals surface area contributed by atoms with Crippen molar-refractivity contribution < 1.29 is 58.9 Å². The number of rotatable bonds is 2. The predicted octanol–water partition coefficient (Wildman–Crippen LogP) is 6.72. The van der Waals surface area contributed by atoms with Crippen molar-refractivity contribution in [1.29, 1.82) is 0 Å². The van der Waals surface area contributed by atoms with E-state index in [1.165, 1.54) is 58.2 Å². The molecule has 0 aliphatic carbocycles. The Balaban J connectivity index is 0.000000194. The van der Waals surface area contributed by atoms with Gasteiger partial charge in [-0.2, -0.15) is 0 Å². The molecule has 2 heterocycles. The number of hydrogen-bond acceptors (Lipinski definition) is 13. The first-order valence-corrected chi connectivity index (χ1v) is 14.4. The van der Waals surface area contributed by atoms with Crippen LogP contribution in [0.4, 0.5) is 0 Å². The molecule has 0 saturated carbocycles. The van der Waals surface area contributed by atoms with Gasteiger partial charge < -0.3 is 49.3 Å². The highest BCUT2D eigenvalue weighted by molar-refractivity contribution is 6.39. The molecule has 0 fully saturated rings. The van der Waals surface area contributed by atoms with Gasteiger partial charge in [0.05, 0.1) is 17.5 Å². The largest absolute Gasteiger partial charge is 0.508 e. The lowest BCUT2D eigenvalue weighted by Crippen LogP contribution is -2.11. The second kappa shape index (κ2) is 12.4. The van der Waals surface area contributed by atoms with Crippen molar-refractivity contribution in [3.05, 3.63) is 84.5 Å². The van der Waals surface area contributed by atoms with Gasteiger partial charge in [-0.05, 0) is 56.7 Å². The summed E-state index contributed by atoms with van der Waals surface area (Å²) in [5.41, 5.74) is -0.0791. The molecule has 1 aliphatic heterocycles. The molecule has 13 nitrogen and oxygen atoms in total. The van der Waals surface area contributed by atoms with Gasteiger partial charge in [-0.3, -0.25) is 4.79 Å². The van der Waals surface area contributed by atoms with E-state index in [1.807, 2.05) is 0 Å². The third kappa shape index (κ3) is 5.48. The van der Waals surface area contributed by atoms with E-state index in [1.54, 1.807) is 0 Å². The first-order chi connectivity index (χ1) is 22.6. The molecule has 15 heteroatoms. The number of phenols is 5. The van der Waals surface area contributed by atoms with Gasteiger partial charge in [0.25, 0.3) is 0 Å². The molecule has 1 aliphatic rings. The highest BCUT2D eigenvalue weighted by Gasteiger charge is 2.35. The van der Waals surface area contributed by atoms with Gasteiger partial charge in [-0.25, -0.2) is 9.59 Å². The minimum atomic E-state index is -0.835. The third-order valence-electron chi connectivity index (χ3n) is 7.48. The van der Waals surface area contributed by atoms with Gasteiger partial charge in [0.2, 0.25) is 11.2 Å². The quantitative estimate of drug-likeness (QED) is 0.0642. The van der Waals surface area contributed by atoms with E-state index < -0.39 is 40.4 Å². The zero-order valence-corrected chi connectivity index (χ0v) is 26.8. The Kier molecular flexibility index (Phi) is 8.69. The van der Waals surface area contributed by atoms with Crippen molar-refractivity contribution in [1.82, 2.24) is 0 Å². The summed E-state index contributed by atoms with van der Waals surface area (Å²) < 4.78 is 21.3. The van der Waals surface area contributed by atoms with Gasteiger partial charge in [-0.15, -0.1) is 0 Å². The average Bonchev–Trinajstić information content (AvgIpc) is 3.21. The molecule has 0 unspecified atom stereocenters. The minimum absolute atomic E-state index is 0.0131. The van der Waals surface area contributed by atoms with E-state index in [0.717, 1.165) is 6.07 Å². The highest BCUT2D eigenvalue weighted by Crippen LogP contribution is 2.52. The van der Waals surface area contributed by atoms with Crippen molar-refractivity contribution in [3.63, 3.8) is 0 Å². The summed E-state index contributed by atoms with van der Waals surface area (Å²) in [6.07, 6.45) is 0. The maximum Gasteiger partial charge on any atom is 0.347 e. The fourth-order valence-electron chi connectivity index (χ4n) is 4.92. The lowest BCUT2D eigenvalue weighted by molar-refractivity contribution is 0.0595. The zero-order chi connectivity index (χ0) is 35.4. The first kappa shape index (κ1) is 33.6. The van der Waals surface area contributed by atoms with Crippen LogP contribution in [0.3, 0.4) is 0 Å². The van der Waals surface area contributed by atoms with E-state index in [0.29, 0.717) is 0 Å². The third-order valence-corrected chi connectivity index (χ3v) is 8.30. The summed E-state index contributed by atoms with van der Waals surface area (Å²) in [5, 5.41) is 58.4. The van der Waals surface area contributed by atoms with Crippen molar-refractivity contribution >= 4 is 46.1 Å². The second-order valence-electron chi connectivity index (χ2n) is 10.4. The molecular formula is C33H24Cl2O13. The molecule has 4 aromatic carbocycles. The average molecular weight is 699 g/mol. The molecule has 0 radical (unpaired) electrons. The fraction of sp³-hybridized carbons (Fsp3) is 0.121. The van der Waals surface area contributed by atoms with Crippen LogP contribution in [0.5, 0.6) is 51.7 Å². The molecule has 0 atom stereocenters. The summed E-state index contributed by atoms with van der Waals surface area (Å²) >= 11 is 12.2. The summed E-state index contributed by atoms with van der Waals surface area (Å²) in [4.78, 5) is 36.8. The highest BCUT2D eigenvalue weighted by atomic mass is 35.5. The van der Waals surface area contributed by atoms with Gasteiger partial charge in [0.15, 0.2) is 40.3 Å². The summed E-state index contributed by atoms with van der Waals surface area (Å²) in [6.45, 7) is 4.43. The van der Waals surface area contributed by atoms with Crippen molar-refractivity contribution in [2.75, 3.05) is 7.11 Å². The van der Waals surface area contributed by atoms with Crippen molar-refractivity contribution in [2.24, 2.45) is 0 Å².